The van der Waals surface area contributed by atoms with Gasteiger partial charge in [-0.1, -0.05) is 109 Å². The molecule has 0 aliphatic heterocycles. The van der Waals surface area contributed by atoms with Gasteiger partial charge in [0.2, 0.25) is 5.91 Å². The van der Waals surface area contributed by atoms with Crippen molar-refractivity contribution in [3.63, 3.8) is 0 Å². The van der Waals surface area contributed by atoms with Gasteiger partial charge in [0.25, 0.3) is 11.8 Å². The van der Waals surface area contributed by atoms with Crippen molar-refractivity contribution in [3.05, 3.63) is 190 Å². The molecular weight excluding hydrogens is 753 g/mol. The molecule has 0 spiro atoms. The second-order valence-corrected chi connectivity index (χ2v) is 13.7. The fraction of sp³-hybridized carbons (Fsp3) is 0.0238. The zero-order chi connectivity index (χ0) is 34.7. The van der Waals surface area contributed by atoms with E-state index < -0.39 is 17.1 Å². The Balaban J connectivity index is 1.23. The first-order valence-corrected chi connectivity index (χ1v) is 17.8. The Morgan fingerprint density at radius 3 is 1.90 bits per heavy atom. The van der Waals surface area contributed by atoms with Crippen LogP contribution in [0.5, 0.6) is 0 Å². The Labute approximate surface area is 309 Å². The first-order chi connectivity index (χ1) is 24.4. The van der Waals surface area contributed by atoms with E-state index in [1.807, 2.05) is 133 Å². The average molecular weight is 786 g/mol. The molecule has 6 aromatic carbocycles. The SMILES string of the molecule is O=C(Nc1cccc(SC(C(=O)Nc2ccc(I)cc2)c2ccccc2)c1)/C(=C\c1ccc(-c2ccccc2)cc1)NC(=O)c1ccccc1. The second-order valence-electron chi connectivity index (χ2n) is 11.3. The van der Waals surface area contributed by atoms with E-state index in [0.717, 1.165) is 30.7 Å². The molecule has 246 valence electrons. The van der Waals surface area contributed by atoms with Gasteiger partial charge in [-0.05, 0) is 106 Å². The molecule has 6 nitrogen and oxygen atoms in total. The minimum atomic E-state index is -0.555. The lowest BCUT2D eigenvalue weighted by Crippen LogP contribution is -2.30. The maximum Gasteiger partial charge on any atom is 0.272 e. The highest BCUT2D eigenvalue weighted by Crippen LogP contribution is 2.37. The fourth-order valence-electron chi connectivity index (χ4n) is 5.13. The molecule has 0 aliphatic carbocycles. The highest BCUT2D eigenvalue weighted by molar-refractivity contribution is 14.1. The van der Waals surface area contributed by atoms with Gasteiger partial charge in [0.1, 0.15) is 10.9 Å². The summed E-state index contributed by atoms with van der Waals surface area (Å²) in [6.07, 6.45) is 1.66. The molecule has 0 radical (unpaired) electrons. The number of carbonyl (C=O) groups is 3. The van der Waals surface area contributed by atoms with Crippen LogP contribution >= 0.6 is 34.4 Å². The van der Waals surface area contributed by atoms with Crippen molar-refractivity contribution >= 4 is 69.5 Å². The summed E-state index contributed by atoms with van der Waals surface area (Å²) in [4.78, 5) is 41.4. The Hall–Kier alpha value is -5.45. The largest absolute Gasteiger partial charge is 0.325 e. The number of anilines is 2. The minimum Gasteiger partial charge on any atom is -0.325 e. The molecule has 0 saturated heterocycles. The molecule has 0 aliphatic rings. The monoisotopic (exact) mass is 785 g/mol. The zero-order valence-electron chi connectivity index (χ0n) is 26.8. The molecule has 0 saturated carbocycles. The Morgan fingerprint density at radius 1 is 0.600 bits per heavy atom. The summed E-state index contributed by atoms with van der Waals surface area (Å²) in [5, 5.41) is 8.24. The van der Waals surface area contributed by atoms with Crippen LogP contribution in [0.25, 0.3) is 17.2 Å². The highest BCUT2D eigenvalue weighted by Gasteiger charge is 2.23. The van der Waals surface area contributed by atoms with Gasteiger partial charge in [0, 0.05) is 25.4 Å². The molecule has 1 unspecified atom stereocenters. The van der Waals surface area contributed by atoms with Gasteiger partial charge < -0.3 is 16.0 Å². The normalized spacial score (nSPS) is 11.7. The Morgan fingerprint density at radius 2 is 1.22 bits per heavy atom. The molecule has 6 aromatic rings. The number of benzene rings is 6. The Kier molecular flexibility index (Phi) is 11.5. The molecule has 0 bridgehead atoms. The van der Waals surface area contributed by atoms with Gasteiger partial charge in [-0.15, -0.1) is 11.8 Å². The number of halogens is 1. The lowest BCUT2D eigenvalue weighted by molar-refractivity contribution is -0.116. The number of amides is 3. The first kappa shape index (κ1) is 34.4. The zero-order valence-corrected chi connectivity index (χ0v) is 29.7. The van der Waals surface area contributed by atoms with E-state index in [9.17, 15) is 14.4 Å². The predicted molar refractivity (Wildman–Crippen MR) is 212 cm³/mol. The average Bonchev–Trinajstić information content (AvgIpc) is 3.16. The summed E-state index contributed by atoms with van der Waals surface area (Å²) >= 11 is 3.61. The van der Waals surface area contributed by atoms with Crippen molar-refractivity contribution in [1.29, 1.82) is 0 Å². The van der Waals surface area contributed by atoms with E-state index in [1.165, 1.54) is 11.8 Å². The van der Waals surface area contributed by atoms with Gasteiger partial charge in [0.15, 0.2) is 0 Å². The van der Waals surface area contributed by atoms with Crippen molar-refractivity contribution in [3.8, 4) is 11.1 Å². The lowest BCUT2D eigenvalue weighted by Gasteiger charge is -2.18. The van der Waals surface area contributed by atoms with Crippen LogP contribution in [0.4, 0.5) is 11.4 Å². The van der Waals surface area contributed by atoms with Crippen LogP contribution in [-0.2, 0) is 9.59 Å². The van der Waals surface area contributed by atoms with Gasteiger partial charge >= 0.3 is 0 Å². The molecule has 50 heavy (non-hydrogen) atoms. The topological polar surface area (TPSA) is 87.3 Å². The van der Waals surface area contributed by atoms with Gasteiger partial charge in [-0.2, -0.15) is 0 Å². The van der Waals surface area contributed by atoms with Crippen LogP contribution < -0.4 is 16.0 Å². The van der Waals surface area contributed by atoms with E-state index in [4.69, 9.17) is 0 Å². The maximum atomic E-state index is 13.8. The van der Waals surface area contributed by atoms with E-state index in [2.05, 4.69) is 38.5 Å². The third kappa shape index (κ3) is 9.37. The number of hydrogen-bond acceptors (Lipinski definition) is 4. The third-order valence-corrected chi connectivity index (χ3v) is 9.62. The van der Waals surface area contributed by atoms with E-state index in [0.29, 0.717) is 16.9 Å². The number of thioether (sulfide) groups is 1. The van der Waals surface area contributed by atoms with Crippen LogP contribution in [0, 0.1) is 3.57 Å². The van der Waals surface area contributed by atoms with Crippen LogP contribution in [0.1, 0.15) is 26.7 Å². The summed E-state index contributed by atoms with van der Waals surface area (Å²) in [5.41, 5.74) is 5.46. The van der Waals surface area contributed by atoms with Crippen LogP contribution in [0.15, 0.2) is 174 Å². The standard InChI is InChI=1S/C42H32IN3O3S/c43-34-23-25-35(26-24-34)44-42(49)39(32-13-6-2-7-14-32)50-37-18-10-17-36(28-37)45-41(48)38(46-40(47)33-15-8-3-9-16-33)27-29-19-21-31(22-20-29)30-11-4-1-5-12-30/h1-28,39H,(H,44,49)(H,45,48)(H,46,47)/b38-27+. The summed E-state index contributed by atoms with van der Waals surface area (Å²) in [5.74, 6) is -1.05. The van der Waals surface area contributed by atoms with E-state index >= 15 is 0 Å². The fourth-order valence-corrected chi connectivity index (χ4v) is 6.58. The number of hydrogen-bond donors (Lipinski definition) is 3. The lowest BCUT2D eigenvalue weighted by atomic mass is 10.0. The molecule has 6 rings (SSSR count). The summed E-state index contributed by atoms with van der Waals surface area (Å²) < 4.78 is 1.08. The molecular formula is C42H32IN3O3S. The molecule has 0 fully saturated rings. The molecule has 3 amide bonds. The smallest absolute Gasteiger partial charge is 0.272 e. The van der Waals surface area contributed by atoms with Crippen molar-refractivity contribution in [2.45, 2.75) is 10.1 Å². The number of nitrogens with one attached hydrogen (secondary N) is 3. The van der Waals surface area contributed by atoms with Crippen LogP contribution in [0.2, 0.25) is 0 Å². The van der Waals surface area contributed by atoms with Crippen molar-refractivity contribution in [2.24, 2.45) is 0 Å². The minimum absolute atomic E-state index is 0.0865. The van der Waals surface area contributed by atoms with Crippen molar-refractivity contribution in [2.75, 3.05) is 10.6 Å². The first-order valence-electron chi connectivity index (χ1n) is 15.8. The summed E-state index contributed by atoms with van der Waals surface area (Å²) in [6, 6.07) is 51.1. The van der Waals surface area contributed by atoms with Crippen LogP contribution in [0.3, 0.4) is 0 Å². The van der Waals surface area contributed by atoms with E-state index in [1.54, 1.807) is 36.4 Å². The van der Waals surface area contributed by atoms with Crippen LogP contribution in [-0.4, -0.2) is 17.7 Å². The molecule has 1 atom stereocenters. The summed E-state index contributed by atoms with van der Waals surface area (Å²) in [6.45, 7) is 0. The van der Waals surface area contributed by atoms with Gasteiger partial charge in [-0.3, -0.25) is 14.4 Å². The van der Waals surface area contributed by atoms with Gasteiger partial charge in [-0.25, -0.2) is 0 Å². The molecule has 0 heterocycles. The Bertz CT molecular complexity index is 2110. The number of carbonyl (C=O) groups excluding carboxylic acids is 3. The second kappa shape index (κ2) is 16.8. The van der Waals surface area contributed by atoms with Gasteiger partial charge in [0.05, 0.1) is 0 Å². The maximum absolute atomic E-state index is 13.8. The predicted octanol–water partition coefficient (Wildman–Crippen LogP) is 9.84. The number of rotatable bonds is 11. The quantitative estimate of drug-likeness (QED) is 0.0694. The summed E-state index contributed by atoms with van der Waals surface area (Å²) in [7, 11) is 0. The van der Waals surface area contributed by atoms with Crippen molar-refractivity contribution < 1.29 is 14.4 Å². The van der Waals surface area contributed by atoms with E-state index in [-0.39, 0.29) is 11.6 Å². The molecule has 8 heteroatoms. The van der Waals surface area contributed by atoms with Crippen molar-refractivity contribution in [1.82, 2.24) is 5.32 Å². The molecule has 0 aromatic heterocycles. The molecule has 3 N–H and O–H groups in total. The third-order valence-electron chi connectivity index (χ3n) is 7.66. The highest BCUT2D eigenvalue weighted by atomic mass is 127.